The SMILES string of the molecule is CN(CCO)C(=O)C(Cc1ccc(O)cc1Cl)CN1CCC2(CC1)OCc1ccccc12. The van der Waals surface area contributed by atoms with Crippen molar-refractivity contribution in [3.63, 3.8) is 0 Å². The maximum Gasteiger partial charge on any atom is 0.227 e. The standard InChI is InChI=1S/C25H31ClN2O4/c1-27(12-13-29)24(31)20(14-18-6-7-21(30)15-23(18)26)16-28-10-8-25(9-11-28)22-5-3-2-4-19(22)17-32-25/h2-7,15,20,29-30H,8-14,16-17H2,1H3. The van der Waals surface area contributed by atoms with Gasteiger partial charge >= 0.3 is 0 Å². The molecule has 2 aliphatic heterocycles. The Morgan fingerprint density at radius 2 is 2.00 bits per heavy atom. The van der Waals surface area contributed by atoms with Crippen molar-refractivity contribution >= 4 is 17.5 Å². The lowest BCUT2D eigenvalue weighted by Gasteiger charge is -2.40. The zero-order valence-corrected chi connectivity index (χ0v) is 19.2. The van der Waals surface area contributed by atoms with Crippen molar-refractivity contribution < 1.29 is 19.7 Å². The minimum atomic E-state index is -0.292. The molecule has 2 aliphatic rings. The van der Waals surface area contributed by atoms with Crippen LogP contribution in [0, 0.1) is 5.92 Å². The Hall–Kier alpha value is -2.12. The van der Waals surface area contributed by atoms with Crippen molar-refractivity contribution in [2.45, 2.75) is 31.5 Å². The average molecular weight is 459 g/mol. The van der Waals surface area contributed by atoms with Crippen molar-refractivity contribution in [2.75, 3.05) is 39.8 Å². The predicted molar refractivity (Wildman–Crippen MR) is 124 cm³/mol. The Kier molecular flexibility index (Phi) is 7.05. The Morgan fingerprint density at radius 1 is 1.25 bits per heavy atom. The van der Waals surface area contributed by atoms with E-state index in [-0.39, 0.29) is 29.8 Å². The van der Waals surface area contributed by atoms with Gasteiger partial charge in [0.1, 0.15) is 5.75 Å². The predicted octanol–water partition coefficient (Wildman–Crippen LogP) is 3.18. The number of ether oxygens (including phenoxy) is 1. The monoisotopic (exact) mass is 458 g/mol. The van der Waals surface area contributed by atoms with Crippen molar-refractivity contribution in [1.82, 2.24) is 9.80 Å². The fraction of sp³-hybridized carbons (Fsp3) is 0.480. The van der Waals surface area contributed by atoms with E-state index in [1.807, 2.05) is 0 Å². The third kappa shape index (κ3) is 4.79. The highest BCUT2D eigenvalue weighted by atomic mass is 35.5. The second-order valence-electron chi connectivity index (χ2n) is 8.90. The third-order valence-corrected chi connectivity index (χ3v) is 7.17. The summed E-state index contributed by atoms with van der Waals surface area (Å²) >= 11 is 6.34. The molecule has 0 radical (unpaired) electrons. The van der Waals surface area contributed by atoms with Crippen LogP contribution in [0.15, 0.2) is 42.5 Å². The number of piperidine rings is 1. The number of phenols is 1. The highest BCUT2D eigenvalue weighted by Crippen LogP contribution is 2.44. The Morgan fingerprint density at radius 3 is 2.72 bits per heavy atom. The first-order valence-corrected chi connectivity index (χ1v) is 11.6. The molecule has 2 N–H and O–H groups in total. The van der Waals surface area contributed by atoms with E-state index in [0.717, 1.165) is 31.5 Å². The van der Waals surface area contributed by atoms with E-state index in [1.165, 1.54) is 17.2 Å². The van der Waals surface area contributed by atoms with Gasteiger partial charge in [-0.1, -0.05) is 41.9 Å². The van der Waals surface area contributed by atoms with Gasteiger partial charge in [0.2, 0.25) is 5.91 Å². The normalized spacial score (nSPS) is 18.5. The number of halogens is 1. The van der Waals surface area contributed by atoms with Crippen molar-refractivity contribution in [2.24, 2.45) is 5.92 Å². The molecule has 1 unspecified atom stereocenters. The summed E-state index contributed by atoms with van der Waals surface area (Å²) in [7, 11) is 1.72. The van der Waals surface area contributed by atoms with E-state index in [4.69, 9.17) is 16.3 Å². The Bertz CT molecular complexity index is 959. The quantitative estimate of drug-likeness (QED) is 0.666. The van der Waals surface area contributed by atoms with E-state index < -0.39 is 0 Å². The molecule has 0 aliphatic carbocycles. The van der Waals surface area contributed by atoms with E-state index in [0.29, 0.717) is 31.1 Å². The lowest BCUT2D eigenvalue weighted by Crippen LogP contribution is -2.47. The summed E-state index contributed by atoms with van der Waals surface area (Å²) in [6.07, 6.45) is 2.28. The fourth-order valence-electron chi connectivity index (χ4n) is 4.98. The summed E-state index contributed by atoms with van der Waals surface area (Å²) < 4.78 is 6.27. The molecule has 1 amide bonds. The summed E-state index contributed by atoms with van der Waals surface area (Å²) in [5, 5.41) is 19.4. The van der Waals surface area contributed by atoms with Gasteiger partial charge in [0.15, 0.2) is 0 Å². The number of rotatable bonds is 7. The highest BCUT2D eigenvalue weighted by Gasteiger charge is 2.42. The number of fused-ring (bicyclic) bond motifs is 2. The molecule has 1 atom stereocenters. The number of aromatic hydroxyl groups is 1. The lowest BCUT2D eigenvalue weighted by molar-refractivity contribution is -0.136. The first kappa shape index (κ1) is 23.1. The molecular weight excluding hydrogens is 428 g/mol. The maximum absolute atomic E-state index is 13.2. The number of aliphatic hydroxyl groups excluding tert-OH is 1. The third-order valence-electron chi connectivity index (χ3n) is 6.82. The zero-order valence-electron chi connectivity index (χ0n) is 18.5. The molecule has 2 aromatic rings. The second kappa shape index (κ2) is 9.79. The number of hydrogen-bond acceptors (Lipinski definition) is 5. The van der Waals surface area contributed by atoms with Crippen molar-refractivity contribution in [1.29, 1.82) is 0 Å². The fourth-order valence-corrected chi connectivity index (χ4v) is 5.23. The van der Waals surface area contributed by atoms with Crippen molar-refractivity contribution in [3.05, 3.63) is 64.2 Å². The molecule has 0 saturated carbocycles. The Balaban J connectivity index is 1.46. The van der Waals surface area contributed by atoms with Gasteiger partial charge in [-0.25, -0.2) is 0 Å². The number of carbonyl (C=O) groups excluding carboxylic acids is 1. The first-order chi connectivity index (χ1) is 15.4. The van der Waals surface area contributed by atoms with Crippen LogP contribution in [0.25, 0.3) is 0 Å². The highest BCUT2D eigenvalue weighted by molar-refractivity contribution is 6.31. The van der Waals surface area contributed by atoms with Gasteiger partial charge in [0.05, 0.1) is 24.7 Å². The Labute approximate surface area is 194 Å². The van der Waals surface area contributed by atoms with Gasteiger partial charge in [-0.3, -0.25) is 4.79 Å². The zero-order chi connectivity index (χ0) is 22.7. The number of hydrogen-bond donors (Lipinski definition) is 2. The van der Waals surface area contributed by atoms with Crippen LogP contribution in [-0.4, -0.2) is 65.8 Å². The number of nitrogens with zero attached hydrogens (tertiary/aromatic N) is 2. The van der Waals surface area contributed by atoms with Crippen LogP contribution in [0.2, 0.25) is 5.02 Å². The van der Waals surface area contributed by atoms with Gasteiger partial charge in [0.25, 0.3) is 0 Å². The van der Waals surface area contributed by atoms with Crippen LogP contribution in [0.1, 0.15) is 29.5 Å². The molecule has 32 heavy (non-hydrogen) atoms. The van der Waals surface area contributed by atoms with Gasteiger partial charge in [0, 0.05) is 38.2 Å². The summed E-state index contributed by atoms with van der Waals surface area (Å²) in [4.78, 5) is 17.1. The van der Waals surface area contributed by atoms with E-state index in [9.17, 15) is 15.0 Å². The topological polar surface area (TPSA) is 73.2 Å². The van der Waals surface area contributed by atoms with Crippen LogP contribution in [0.4, 0.5) is 0 Å². The van der Waals surface area contributed by atoms with Crippen LogP contribution >= 0.6 is 11.6 Å². The summed E-state index contributed by atoms with van der Waals surface area (Å²) in [5.41, 5.74) is 3.22. The number of likely N-dealkylation sites (tertiary alicyclic amines) is 1. The molecule has 1 fully saturated rings. The summed E-state index contributed by atoms with van der Waals surface area (Å²) in [6, 6.07) is 13.3. The summed E-state index contributed by atoms with van der Waals surface area (Å²) in [5.74, 6) is -0.192. The number of amides is 1. The minimum Gasteiger partial charge on any atom is -0.508 e. The smallest absolute Gasteiger partial charge is 0.227 e. The minimum absolute atomic E-state index is 0.00839. The molecule has 0 aromatic heterocycles. The molecule has 7 heteroatoms. The number of phenolic OH excluding ortho intramolecular Hbond substituents is 1. The van der Waals surface area contributed by atoms with Gasteiger partial charge in [-0.05, 0) is 48.1 Å². The number of benzene rings is 2. The molecule has 1 spiro atoms. The van der Waals surface area contributed by atoms with Gasteiger partial charge < -0.3 is 24.7 Å². The van der Waals surface area contributed by atoms with E-state index in [1.54, 1.807) is 24.1 Å². The molecular formula is C25H31ClN2O4. The molecule has 1 saturated heterocycles. The van der Waals surface area contributed by atoms with Crippen LogP contribution in [-0.2, 0) is 28.2 Å². The second-order valence-corrected chi connectivity index (χ2v) is 9.31. The summed E-state index contributed by atoms with van der Waals surface area (Å²) in [6.45, 7) is 3.21. The first-order valence-electron chi connectivity index (χ1n) is 11.2. The maximum atomic E-state index is 13.2. The molecule has 2 aromatic carbocycles. The average Bonchev–Trinajstić information content (AvgIpc) is 3.14. The number of likely N-dealkylation sites (N-methyl/N-ethyl adjacent to an activating group) is 1. The van der Waals surface area contributed by atoms with Crippen LogP contribution < -0.4 is 0 Å². The largest absolute Gasteiger partial charge is 0.508 e. The van der Waals surface area contributed by atoms with Crippen LogP contribution in [0.5, 0.6) is 5.75 Å². The molecule has 0 bridgehead atoms. The van der Waals surface area contributed by atoms with Crippen molar-refractivity contribution in [3.8, 4) is 5.75 Å². The van der Waals surface area contributed by atoms with E-state index >= 15 is 0 Å². The lowest BCUT2D eigenvalue weighted by atomic mass is 9.83. The molecule has 172 valence electrons. The van der Waals surface area contributed by atoms with Crippen LogP contribution in [0.3, 0.4) is 0 Å². The van der Waals surface area contributed by atoms with Gasteiger partial charge in [-0.2, -0.15) is 0 Å². The van der Waals surface area contributed by atoms with E-state index in [2.05, 4.69) is 29.2 Å². The number of aliphatic hydroxyl groups is 1. The van der Waals surface area contributed by atoms with Gasteiger partial charge in [-0.15, -0.1) is 0 Å². The molecule has 2 heterocycles. The number of carbonyl (C=O) groups is 1. The molecule has 6 nitrogen and oxygen atoms in total. The molecule has 4 rings (SSSR count).